The Morgan fingerprint density at radius 2 is 1.80 bits per heavy atom. The zero-order valence-corrected chi connectivity index (χ0v) is 22.3. The molecule has 2 aromatic carbocycles. The third-order valence-corrected chi connectivity index (χ3v) is 8.06. The molecule has 2 atom stereocenters. The van der Waals surface area contributed by atoms with Gasteiger partial charge in [-0.2, -0.15) is 0 Å². The lowest BCUT2D eigenvalue weighted by molar-refractivity contribution is -0.171. The molecular formula is C29H38O5S. The third kappa shape index (κ3) is 6.68. The molecule has 190 valence electrons. The number of ether oxygens (including phenoxy) is 1. The molecule has 2 aromatic rings. The van der Waals surface area contributed by atoms with Crippen LogP contribution in [0.1, 0.15) is 82.1 Å². The number of aromatic hydroxyl groups is 1. The van der Waals surface area contributed by atoms with E-state index >= 15 is 0 Å². The molecule has 1 heterocycles. The number of carbonyl (C=O) groups excluding carboxylic acids is 2. The van der Waals surface area contributed by atoms with Gasteiger partial charge in [-0.3, -0.25) is 9.59 Å². The fourth-order valence-corrected chi connectivity index (χ4v) is 5.95. The minimum absolute atomic E-state index is 0.0504. The predicted molar refractivity (Wildman–Crippen MR) is 140 cm³/mol. The quantitative estimate of drug-likeness (QED) is 0.324. The fraction of sp³-hybridized carbons (Fsp3) is 0.517. The van der Waals surface area contributed by atoms with E-state index in [1.807, 2.05) is 31.2 Å². The molecule has 6 heteroatoms. The van der Waals surface area contributed by atoms with Gasteiger partial charge in [-0.15, -0.1) is 11.8 Å². The van der Waals surface area contributed by atoms with E-state index in [9.17, 15) is 19.8 Å². The molecule has 0 aliphatic carbocycles. The number of carbonyl (C=O) groups is 2. The highest BCUT2D eigenvalue weighted by Gasteiger charge is 2.47. The van der Waals surface area contributed by atoms with Crippen molar-refractivity contribution in [2.75, 3.05) is 0 Å². The SMILES string of the molecule is CCCCC1(CCc2ccc(O)cc2)CC(=O)C(Sc2cc(C)c(CO)cc2C(C)(C)C)C(=O)O1. The van der Waals surface area contributed by atoms with Crippen molar-refractivity contribution in [1.29, 1.82) is 0 Å². The fourth-order valence-electron chi connectivity index (χ4n) is 4.60. The van der Waals surface area contributed by atoms with Crippen LogP contribution in [-0.2, 0) is 32.8 Å². The number of cyclic esters (lactones) is 1. The molecule has 5 nitrogen and oxygen atoms in total. The molecule has 0 radical (unpaired) electrons. The summed E-state index contributed by atoms with van der Waals surface area (Å²) in [6, 6.07) is 11.0. The summed E-state index contributed by atoms with van der Waals surface area (Å²) >= 11 is 1.27. The van der Waals surface area contributed by atoms with Gasteiger partial charge in [0.05, 0.1) is 6.61 Å². The average molecular weight is 499 g/mol. The Labute approximate surface area is 213 Å². The number of phenolic OH excluding ortho intramolecular Hbond substituents is 1. The van der Waals surface area contributed by atoms with Crippen molar-refractivity contribution in [3.05, 3.63) is 58.7 Å². The number of benzene rings is 2. The highest BCUT2D eigenvalue weighted by Crippen LogP contribution is 2.42. The Morgan fingerprint density at radius 3 is 2.37 bits per heavy atom. The third-order valence-electron chi connectivity index (χ3n) is 6.77. The van der Waals surface area contributed by atoms with Gasteiger partial charge in [0.15, 0.2) is 11.0 Å². The lowest BCUT2D eigenvalue weighted by atomic mass is 9.83. The van der Waals surface area contributed by atoms with Gasteiger partial charge >= 0.3 is 5.97 Å². The van der Waals surface area contributed by atoms with E-state index in [0.29, 0.717) is 19.3 Å². The van der Waals surface area contributed by atoms with Crippen molar-refractivity contribution >= 4 is 23.5 Å². The number of aliphatic hydroxyl groups is 1. The molecule has 0 bridgehead atoms. The van der Waals surface area contributed by atoms with E-state index in [-0.39, 0.29) is 30.0 Å². The number of aryl methyl sites for hydroxylation is 2. The smallest absolute Gasteiger partial charge is 0.327 e. The zero-order valence-electron chi connectivity index (χ0n) is 21.5. The van der Waals surface area contributed by atoms with Crippen molar-refractivity contribution in [1.82, 2.24) is 0 Å². The van der Waals surface area contributed by atoms with Crippen LogP contribution < -0.4 is 0 Å². The number of phenols is 1. The first-order valence-corrected chi connectivity index (χ1v) is 13.3. The predicted octanol–water partition coefficient (Wildman–Crippen LogP) is 6.03. The first kappa shape index (κ1) is 27.3. The summed E-state index contributed by atoms with van der Waals surface area (Å²) < 4.78 is 6.11. The van der Waals surface area contributed by atoms with Gasteiger partial charge in [-0.05, 0) is 78.5 Å². The van der Waals surface area contributed by atoms with Crippen molar-refractivity contribution < 1.29 is 24.5 Å². The summed E-state index contributed by atoms with van der Waals surface area (Å²) in [7, 11) is 0. The van der Waals surface area contributed by atoms with Crippen LogP contribution in [0.2, 0.25) is 0 Å². The second-order valence-corrected chi connectivity index (χ2v) is 11.8. The van der Waals surface area contributed by atoms with Gasteiger partial charge in [-0.1, -0.05) is 52.3 Å². The van der Waals surface area contributed by atoms with E-state index in [1.165, 1.54) is 11.8 Å². The normalized spacial score (nSPS) is 20.7. The van der Waals surface area contributed by atoms with Crippen LogP contribution >= 0.6 is 11.8 Å². The molecule has 0 aromatic heterocycles. The monoisotopic (exact) mass is 498 g/mol. The zero-order chi connectivity index (χ0) is 25.8. The molecule has 1 saturated heterocycles. The van der Waals surface area contributed by atoms with E-state index in [0.717, 1.165) is 40.0 Å². The molecule has 35 heavy (non-hydrogen) atoms. The van der Waals surface area contributed by atoms with Crippen molar-refractivity contribution in [2.45, 2.75) is 101 Å². The number of unbranched alkanes of at least 4 members (excludes halogenated alkanes) is 1. The molecule has 1 aliphatic heterocycles. The molecule has 2 unspecified atom stereocenters. The van der Waals surface area contributed by atoms with E-state index in [2.05, 4.69) is 27.7 Å². The van der Waals surface area contributed by atoms with E-state index in [1.54, 1.807) is 12.1 Å². The number of hydrogen-bond donors (Lipinski definition) is 2. The number of thioether (sulfide) groups is 1. The number of aliphatic hydroxyl groups excluding tert-OH is 1. The minimum Gasteiger partial charge on any atom is -0.508 e. The van der Waals surface area contributed by atoms with Crippen molar-refractivity contribution in [3.63, 3.8) is 0 Å². The number of ketones is 1. The van der Waals surface area contributed by atoms with Crippen molar-refractivity contribution in [2.24, 2.45) is 0 Å². The maximum Gasteiger partial charge on any atom is 0.327 e. The summed E-state index contributed by atoms with van der Waals surface area (Å²) in [5.74, 6) is -0.334. The van der Waals surface area contributed by atoms with Gasteiger partial charge in [-0.25, -0.2) is 0 Å². The summed E-state index contributed by atoms with van der Waals surface area (Å²) in [6.45, 7) is 10.2. The lowest BCUT2D eigenvalue weighted by Crippen LogP contribution is -2.49. The number of Topliss-reactive ketones (excluding diaryl/α,β-unsaturated/α-hetero) is 1. The van der Waals surface area contributed by atoms with Crippen LogP contribution in [0.25, 0.3) is 0 Å². The van der Waals surface area contributed by atoms with Crippen LogP contribution in [0, 0.1) is 6.92 Å². The lowest BCUT2D eigenvalue weighted by Gasteiger charge is -2.39. The Kier molecular flexibility index (Phi) is 8.71. The standard InChI is InChI=1S/C29H38O5S/c1-6-7-13-29(14-12-20-8-10-22(31)11-9-20)17-24(32)26(27(33)34-29)35-25-15-19(2)21(18-30)16-23(25)28(3,4)5/h8-11,15-16,26,30-31H,6-7,12-14,17-18H2,1-5H3. The number of hydrogen-bond acceptors (Lipinski definition) is 6. The molecule has 1 fully saturated rings. The first-order chi connectivity index (χ1) is 16.5. The summed E-state index contributed by atoms with van der Waals surface area (Å²) in [5.41, 5.74) is 2.83. The number of esters is 1. The van der Waals surface area contributed by atoms with Crippen LogP contribution in [0.3, 0.4) is 0 Å². The van der Waals surface area contributed by atoms with E-state index in [4.69, 9.17) is 4.74 Å². The molecular weight excluding hydrogens is 460 g/mol. The Bertz CT molecular complexity index is 1030. The molecule has 0 saturated carbocycles. The highest BCUT2D eigenvalue weighted by atomic mass is 32.2. The van der Waals surface area contributed by atoms with Crippen molar-refractivity contribution in [3.8, 4) is 5.75 Å². The van der Waals surface area contributed by atoms with Crippen LogP contribution in [0.15, 0.2) is 41.3 Å². The maximum atomic E-state index is 13.4. The average Bonchev–Trinajstić information content (AvgIpc) is 2.79. The second kappa shape index (κ2) is 11.2. The topological polar surface area (TPSA) is 83.8 Å². The van der Waals surface area contributed by atoms with Gasteiger partial charge in [0.1, 0.15) is 11.4 Å². The van der Waals surface area contributed by atoms with Crippen LogP contribution in [-0.4, -0.2) is 32.8 Å². The summed E-state index contributed by atoms with van der Waals surface area (Å²) in [6.07, 6.45) is 3.95. The molecule has 2 N–H and O–H groups in total. The molecule has 3 rings (SSSR count). The summed E-state index contributed by atoms with van der Waals surface area (Å²) in [4.78, 5) is 27.6. The minimum atomic E-state index is -0.890. The Balaban J connectivity index is 1.83. The van der Waals surface area contributed by atoms with Crippen LogP contribution in [0.4, 0.5) is 0 Å². The largest absolute Gasteiger partial charge is 0.508 e. The number of rotatable bonds is 9. The van der Waals surface area contributed by atoms with Gasteiger partial charge in [0.25, 0.3) is 0 Å². The Hall–Kier alpha value is -2.31. The second-order valence-electron chi connectivity index (χ2n) is 10.7. The molecule has 0 amide bonds. The van der Waals surface area contributed by atoms with Gasteiger partial charge in [0, 0.05) is 11.3 Å². The Morgan fingerprint density at radius 1 is 1.11 bits per heavy atom. The first-order valence-electron chi connectivity index (χ1n) is 12.4. The summed E-state index contributed by atoms with van der Waals surface area (Å²) in [5, 5.41) is 18.4. The molecule has 0 spiro atoms. The van der Waals surface area contributed by atoms with Crippen LogP contribution in [0.5, 0.6) is 5.75 Å². The molecule has 1 aliphatic rings. The highest BCUT2D eigenvalue weighted by molar-refractivity contribution is 8.01. The van der Waals surface area contributed by atoms with Gasteiger partial charge in [0.2, 0.25) is 0 Å². The van der Waals surface area contributed by atoms with Gasteiger partial charge < -0.3 is 14.9 Å². The maximum absolute atomic E-state index is 13.4. The van der Waals surface area contributed by atoms with E-state index < -0.39 is 16.8 Å².